The standard InChI is InChI=1S/C19H17NO2S/c1-11-4-6-14(12(2)8-11)18-10-16(19(21)22)15-7-5-13(23-3)9-17(15)20-18/h4-10H,1-3H3,(H,21,22). The predicted molar refractivity (Wildman–Crippen MR) is 95.4 cm³/mol. The van der Waals surface area contributed by atoms with E-state index < -0.39 is 5.97 Å². The number of aromatic carboxylic acids is 1. The Hall–Kier alpha value is -2.33. The number of thioether (sulfide) groups is 1. The molecule has 0 amide bonds. The first-order valence-electron chi connectivity index (χ1n) is 7.29. The first-order valence-corrected chi connectivity index (χ1v) is 8.52. The van der Waals surface area contributed by atoms with E-state index in [1.807, 2.05) is 50.4 Å². The monoisotopic (exact) mass is 323 g/mol. The van der Waals surface area contributed by atoms with Crippen LogP contribution in [0.3, 0.4) is 0 Å². The number of rotatable bonds is 3. The number of carbonyl (C=O) groups is 1. The lowest BCUT2D eigenvalue weighted by molar-refractivity contribution is 0.0699. The molecule has 0 saturated carbocycles. The molecule has 0 aliphatic heterocycles. The normalized spacial score (nSPS) is 10.9. The van der Waals surface area contributed by atoms with Gasteiger partial charge in [0.15, 0.2) is 0 Å². The number of aryl methyl sites for hydroxylation is 2. The van der Waals surface area contributed by atoms with Gasteiger partial charge < -0.3 is 5.11 Å². The summed E-state index contributed by atoms with van der Waals surface area (Å²) in [4.78, 5) is 17.4. The van der Waals surface area contributed by atoms with E-state index in [0.717, 1.165) is 16.0 Å². The smallest absolute Gasteiger partial charge is 0.336 e. The van der Waals surface area contributed by atoms with Crippen molar-refractivity contribution in [3.63, 3.8) is 0 Å². The molecule has 4 heteroatoms. The van der Waals surface area contributed by atoms with Crippen molar-refractivity contribution < 1.29 is 9.90 Å². The molecule has 1 heterocycles. The third-order valence-electron chi connectivity index (χ3n) is 3.91. The number of benzene rings is 2. The van der Waals surface area contributed by atoms with Gasteiger partial charge in [-0.1, -0.05) is 29.8 Å². The van der Waals surface area contributed by atoms with Crippen LogP contribution in [0.4, 0.5) is 0 Å². The van der Waals surface area contributed by atoms with Crippen LogP contribution in [0, 0.1) is 13.8 Å². The average molecular weight is 323 g/mol. The molecule has 1 N–H and O–H groups in total. The van der Waals surface area contributed by atoms with Crippen LogP contribution in [0.1, 0.15) is 21.5 Å². The molecule has 0 unspecified atom stereocenters. The molecule has 116 valence electrons. The van der Waals surface area contributed by atoms with Gasteiger partial charge in [0.1, 0.15) is 0 Å². The highest BCUT2D eigenvalue weighted by molar-refractivity contribution is 7.98. The van der Waals surface area contributed by atoms with Gasteiger partial charge in [-0.25, -0.2) is 9.78 Å². The fraction of sp³-hybridized carbons (Fsp3) is 0.158. The number of hydrogen-bond donors (Lipinski definition) is 1. The molecule has 0 aliphatic rings. The van der Waals surface area contributed by atoms with Crippen molar-refractivity contribution in [2.24, 2.45) is 0 Å². The number of carboxylic acid groups (broad SMARTS) is 1. The van der Waals surface area contributed by atoms with Gasteiger partial charge in [-0.2, -0.15) is 0 Å². The highest BCUT2D eigenvalue weighted by Gasteiger charge is 2.14. The van der Waals surface area contributed by atoms with Crippen molar-refractivity contribution >= 4 is 28.6 Å². The van der Waals surface area contributed by atoms with Gasteiger partial charge in [-0.15, -0.1) is 11.8 Å². The second-order valence-corrected chi connectivity index (χ2v) is 6.44. The van der Waals surface area contributed by atoms with Crippen LogP contribution in [-0.4, -0.2) is 22.3 Å². The predicted octanol–water partition coefficient (Wildman–Crippen LogP) is 4.94. The third-order valence-corrected chi connectivity index (χ3v) is 4.63. The van der Waals surface area contributed by atoms with Gasteiger partial charge in [-0.3, -0.25) is 0 Å². The van der Waals surface area contributed by atoms with Crippen LogP contribution in [0.5, 0.6) is 0 Å². The van der Waals surface area contributed by atoms with E-state index in [1.165, 1.54) is 5.56 Å². The van der Waals surface area contributed by atoms with Crippen molar-refractivity contribution in [3.05, 3.63) is 59.2 Å². The number of nitrogens with zero attached hydrogens (tertiary/aromatic N) is 1. The van der Waals surface area contributed by atoms with E-state index in [-0.39, 0.29) is 5.56 Å². The highest BCUT2D eigenvalue weighted by atomic mass is 32.2. The minimum absolute atomic E-state index is 0.289. The molecular weight excluding hydrogens is 306 g/mol. The van der Waals surface area contributed by atoms with E-state index in [9.17, 15) is 9.90 Å². The summed E-state index contributed by atoms with van der Waals surface area (Å²) >= 11 is 1.62. The molecule has 0 saturated heterocycles. The summed E-state index contributed by atoms with van der Waals surface area (Å²) in [7, 11) is 0. The Bertz CT molecular complexity index is 919. The van der Waals surface area contributed by atoms with E-state index in [4.69, 9.17) is 4.98 Å². The maximum Gasteiger partial charge on any atom is 0.336 e. The van der Waals surface area contributed by atoms with Crippen LogP contribution in [-0.2, 0) is 0 Å². The Morgan fingerprint density at radius 3 is 2.52 bits per heavy atom. The van der Waals surface area contributed by atoms with E-state index in [2.05, 4.69) is 6.07 Å². The molecule has 0 aliphatic carbocycles. The van der Waals surface area contributed by atoms with Gasteiger partial charge in [0, 0.05) is 15.8 Å². The second-order valence-electron chi connectivity index (χ2n) is 5.56. The van der Waals surface area contributed by atoms with Crippen LogP contribution in [0.15, 0.2) is 47.4 Å². The summed E-state index contributed by atoms with van der Waals surface area (Å²) in [5.74, 6) is -0.930. The maximum absolute atomic E-state index is 11.7. The zero-order valence-corrected chi connectivity index (χ0v) is 14.1. The summed E-state index contributed by atoms with van der Waals surface area (Å²) in [6.45, 7) is 4.06. The third kappa shape index (κ3) is 2.94. The van der Waals surface area contributed by atoms with E-state index in [1.54, 1.807) is 17.8 Å². The van der Waals surface area contributed by atoms with Crippen molar-refractivity contribution in [3.8, 4) is 11.3 Å². The lowest BCUT2D eigenvalue weighted by Crippen LogP contribution is -2.01. The molecule has 0 radical (unpaired) electrons. The van der Waals surface area contributed by atoms with Crippen molar-refractivity contribution in [2.75, 3.05) is 6.26 Å². The Balaban J connectivity index is 2.30. The Kier molecular flexibility index (Phi) is 4.09. The first-order chi connectivity index (χ1) is 11.0. The summed E-state index contributed by atoms with van der Waals surface area (Å²) in [5, 5.41) is 10.2. The van der Waals surface area contributed by atoms with Gasteiger partial charge in [0.25, 0.3) is 0 Å². The zero-order valence-electron chi connectivity index (χ0n) is 13.3. The molecule has 3 rings (SSSR count). The fourth-order valence-corrected chi connectivity index (χ4v) is 3.18. The molecule has 2 aromatic carbocycles. The van der Waals surface area contributed by atoms with Gasteiger partial charge >= 0.3 is 5.97 Å². The SMILES string of the molecule is CSc1ccc2c(C(=O)O)cc(-c3ccc(C)cc3C)nc2c1. The second kappa shape index (κ2) is 6.05. The number of hydrogen-bond acceptors (Lipinski definition) is 3. The molecule has 1 aromatic heterocycles. The fourth-order valence-electron chi connectivity index (χ4n) is 2.75. The van der Waals surface area contributed by atoms with Crippen molar-refractivity contribution in [1.82, 2.24) is 4.98 Å². The van der Waals surface area contributed by atoms with Crippen LogP contribution in [0.2, 0.25) is 0 Å². The summed E-state index contributed by atoms with van der Waals surface area (Å²) in [6.07, 6.45) is 1.99. The van der Waals surface area contributed by atoms with Gasteiger partial charge in [0.2, 0.25) is 0 Å². The van der Waals surface area contributed by atoms with Crippen molar-refractivity contribution in [2.45, 2.75) is 18.7 Å². The molecule has 0 atom stereocenters. The topological polar surface area (TPSA) is 50.2 Å². The lowest BCUT2D eigenvalue weighted by atomic mass is 9.99. The van der Waals surface area contributed by atoms with Crippen molar-refractivity contribution in [1.29, 1.82) is 0 Å². The van der Waals surface area contributed by atoms with Crippen LogP contribution >= 0.6 is 11.8 Å². The molecule has 0 spiro atoms. The minimum Gasteiger partial charge on any atom is -0.478 e. The molecule has 23 heavy (non-hydrogen) atoms. The molecule has 3 nitrogen and oxygen atoms in total. The van der Waals surface area contributed by atoms with Gasteiger partial charge in [-0.05, 0) is 43.9 Å². The quantitative estimate of drug-likeness (QED) is 0.694. The summed E-state index contributed by atoms with van der Waals surface area (Å²) in [6, 6.07) is 13.5. The average Bonchev–Trinajstić information content (AvgIpc) is 2.53. The van der Waals surface area contributed by atoms with Gasteiger partial charge in [0.05, 0.1) is 16.8 Å². The van der Waals surface area contributed by atoms with Crippen LogP contribution < -0.4 is 0 Å². The summed E-state index contributed by atoms with van der Waals surface area (Å²) < 4.78 is 0. The molecule has 0 bridgehead atoms. The van der Waals surface area contributed by atoms with E-state index >= 15 is 0 Å². The Morgan fingerprint density at radius 1 is 1.09 bits per heavy atom. The van der Waals surface area contributed by atoms with E-state index in [0.29, 0.717) is 16.6 Å². The molecule has 3 aromatic rings. The largest absolute Gasteiger partial charge is 0.478 e. The first kappa shape index (κ1) is 15.6. The molecular formula is C19H17NO2S. The van der Waals surface area contributed by atoms with Crippen LogP contribution in [0.25, 0.3) is 22.2 Å². The minimum atomic E-state index is -0.930. The number of aromatic nitrogens is 1. The number of fused-ring (bicyclic) bond motifs is 1. The Morgan fingerprint density at radius 2 is 1.87 bits per heavy atom. The number of pyridine rings is 1. The zero-order chi connectivity index (χ0) is 16.6. The molecule has 0 fully saturated rings. The number of carboxylic acids is 1. The Labute approximate surface area is 139 Å². The highest BCUT2D eigenvalue weighted by Crippen LogP contribution is 2.29. The maximum atomic E-state index is 11.7. The summed E-state index contributed by atoms with van der Waals surface area (Å²) in [5.41, 5.74) is 4.94. The lowest BCUT2D eigenvalue weighted by Gasteiger charge is -2.10.